The number of hydrogen-bond donors (Lipinski definition) is 1. The van der Waals surface area contributed by atoms with Crippen molar-refractivity contribution < 1.29 is 4.79 Å². The zero-order chi connectivity index (χ0) is 20.7. The smallest absolute Gasteiger partial charge is 0.321 e. The van der Waals surface area contributed by atoms with Crippen LogP contribution in [0, 0.1) is 19.8 Å². The highest BCUT2D eigenvalue weighted by Gasteiger charge is 2.32. The average Bonchev–Trinajstić information content (AvgIpc) is 3.53. The molecule has 5 rings (SSSR count). The molecule has 3 aromatic rings. The zero-order valence-corrected chi connectivity index (χ0v) is 17.8. The summed E-state index contributed by atoms with van der Waals surface area (Å²) in [7, 11) is 0. The van der Waals surface area contributed by atoms with Crippen molar-refractivity contribution in [2.24, 2.45) is 5.92 Å². The number of amides is 2. The number of aromatic nitrogens is 3. The number of fused-ring (bicyclic) bond motifs is 1. The van der Waals surface area contributed by atoms with Gasteiger partial charge in [-0.2, -0.15) is 0 Å². The Kier molecular flexibility index (Phi) is 4.93. The molecule has 0 radical (unpaired) electrons. The minimum absolute atomic E-state index is 0.00248. The SMILES string of the molecule is Cc1ccc(NC(=O)N2CCCC(Cn3c(C4CC4)nc4cccnc43)C2)c(C)c1. The van der Waals surface area contributed by atoms with Crippen molar-refractivity contribution in [2.45, 2.75) is 52.0 Å². The number of benzene rings is 1. The summed E-state index contributed by atoms with van der Waals surface area (Å²) < 4.78 is 2.32. The van der Waals surface area contributed by atoms with Crippen LogP contribution in [-0.4, -0.2) is 38.6 Å². The third kappa shape index (κ3) is 3.78. The zero-order valence-electron chi connectivity index (χ0n) is 17.8. The van der Waals surface area contributed by atoms with Gasteiger partial charge in [0, 0.05) is 37.4 Å². The highest BCUT2D eigenvalue weighted by atomic mass is 16.2. The molecule has 6 nitrogen and oxygen atoms in total. The number of imidazole rings is 1. The molecule has 156 valence electrons. The first-order valence-electron chi connectivity index (χ1n) is 11.0. The summed E-state index contributed by atoms with van der Waals surface area (Å²) in [5.41, 5.74) is 5.17. The molecule has 30 heavy (non-hydrogen) atoms. The van der Waals surface area contributed by atoms with Crippen LogP contribution in [0.5, 0.6) is 0 Å². The van der Waals surface area contributed by atoms with E-state index < -0.39 is 0 Å². The van der Waals surface area contributed by atoms with Gasteiger partial charge in [0.2, 0.25) is 0 Å². The van der Waals surface area contributed by atoms with E-state index in [1.165, 1.54) is 24.2 Å². The topological polar surface area (TPSA) is 63.1 Å². The van der Waals surface area contributed by atoms with E-state index in [2.05, 4.69) is 33.9 Å². The van der Waals surface area contributed by atoms with E-state index >= 15 is 0 Å². The van der Waals surface area contributed by atoms with Gasteiger partial charge in [-0.3, -0.25) is 0 Å². The minimum Gasteiger partial charge on any atom is -0.324 e. The lowest BCUT2D eigenvalue weighted by Gasteiger charge is -2.33. The number of carbonyl (C=O) groups is 1. The summed E-state index contributed by atoms with van der Waals surface area (Å²) in [5, 5.41) is 3.11. The maximum Gasteiger partial charge on any atom is 0.321 e. The van der Waals surface area contributed by atoms with E-state index in [1.54, 1.807) is 0 Å². The Balaban J connectivity index is 1.31. The Morgan fingerprint density at radius 2 is 2.07 bits per heavy atom. The van der Waals surface area contributed by atoms with Gasteiger partial charge in [0.1, 0.15) is 11.3 Å². The quantitative estimate of drug-likeness (QED) is 0.676. The van der Waals surface area contributed by atoms with Crippen molar-refractivity contribution >= 4 is 22.9 Å². The Morgan fingerprint density at radius 1 is 1.20 bits per heavy atom. The number of pyridine rings is 1. The fourth-order valence-corrected chi connectivity index (χ4v) is 4.61. The Bertz CT molecular complexity index is 1080. The van der Waals surface area contributed by atoms with E-state index in [-0.39, 0.29) is 6.03 Å². The number of likely N-dealkylation sites (tertiary alicyclic amines) is 1. The molecule has 2 aliphatic rings. The van der Waals surface area contributed by atoms with Gasteiger partial charge in [0.15, 0.2) is 5.65 Å². The highest BCUT2D eigenvalue weighted by molar-refractivity contribution is 5.90. The van der Waals surface area contributed by atoms with Gasteiger partial charge in [-0.05, 0) is 69.2 Å². The van der Waals surface area contributed by atoms with Gasteiger partial charge >= 0.3 is 6.03 Å². The largest absolute Gasteiger partial charge is 0.324 e. The van der Waals surface area contributed by atoms with Crippen LogP contribution in [0.15, 0.2) is 36.5 Å². The lowest BCUT2D eigenvalue weighted by molar-refractivity contribution is 0.170. The van der Waals surface area contributed by atoms with Crippen molar-refractivity contribution in [3.8, 4) is 0 Å². The molecule has 0 spiro atoms. The number of carbonyl (C=O) groups excluding carboxylic acids is 1. The van der Waals surface area contributed by atoms with Crippen molar-refractivity contribution in [2.75, 3.05) is 18.4 Å². The Hall–Kier alpha value is -2.89. The molecular formula is C24H29N5O. The molecule has 2 fully saturated rings. The van der Waals surface area contributed by atoms with Crippen LogP contribution >= 0.6 is 0 Å². The average molecular weight is 404 g/mol. The molecular weight excluding hydrogens is 374 g/mol. The predicted octanol–water partition coefficient (Wildman–Crippen LogP) is 4.87. The number of rotatable bonds is 4. The predicted molar refractivity (Wildman–Crippen MR) is 119 cm³/mol. The first kappa shape index (κ1) is 19.1. The second-order valence-electron chi connectivity index (χ2n) is 8.90. The van der Waals surface area contributed by atoms with Crippen LogP contribution in [0.1, 0.15) is 48.6 Å². The van der Waals surface area contributed by atoms with Crippen molar-refractivity contribution in [3.63, 3.8) is 0 Å². The molecule has 1 N–H and O–H groups in total. The molecule has 1 aromatic carbocycles. The first-order valence-corrected chi connectivity index (χ1v) is 11.0. The van der Waals surface area contributed by atoms with Crippen LogP contribution in [0.25, 0.3) is 11.2 Å². The van der Waals surface area contributed by atoms with Crippen molar-refractivity contribution in [1.29, 1.82) is 0 Å². The first-order chi connectivity index (χ1) is 14.6. The summed E-state index contributed by atoms with van der Waals surface area (Å²) in [4.78, 5) is 24.4. The number of aryl methyl sites for hydroxylation is 2. The standard InChI is InChI=1S/C24H29N5O/c1-16-7-10-20(17(2)13-16)27-24(30)28-12-4-5-18(14-28)15-29-22(19-8-9-19)26-21-6-3-11-25-23(21)29/h3,6-7,10-11,13,18-19H,4-5,8-9,12,14-15H2,1-2H3,(H,27,30). The van der Waals surface area contributed by atoms with Gasteiger partial charge in [0.05, 0.1) is 0 Å². The molecule has 2 aromatic heterocycles. The fourth-order valence-electron chi connectivity index (χ4n) is 4.61. The molecule has 1 saturated heterocycles. The number of anilines is 1. The number of nitrogens with one attached hydrogen (secondary N) is 1. The third-order valence-electron chi connectivity index (χ3n) is 6.35. The lowest BCUT2D eigenvalue weighted by Crippen LogP contribution is -2.43. The van der Waals surface area contributed by atoms with Crippen molar-refractivity contribution in [3.05, 3.63) is 53.5 Å². The molecule has 6 heteroatoms. The molecule has 0 bridgehead atoms. The van der Waals surface area contributed by atoms with Gasteiger partial charge in [-0.15, -0.1) is 0 Å². The molecule has 1 atom stereocenters. The molecule has 1 saturated carbocycles. The molecule has 1 aliphatic carbocycles. The second-order valence-corrected chi connectivity index (χ2v) is 8.90. The monoisotopic (exact) mass is 403 g/mol. The third-order valence-corrected chi connectivity index (χ3v) is 6.35. The highest BCUT2D eigenvalue weighted by Crippen LogP contribution is 2.41. The second kappa shape index (κ2) is 7.74. The fraction of sp³-hybridized carbons (Fsp3) is 0.458. The number of urea groups is 1. The molecule has 2 amide bonds. The van der Waals surface area contributed by atoms with Crippen LogP contribution < -0.4 is 5.32 Å². The van der Waals surface area contributed by atoms with Crippen LogP contribution in [-0.2, 0) is 6.54 Å². The van der Waals surface area contributed by atoms with Gasteiger partial charge in [-0.25, -0.2) is 14.8 Å². The molecule has 3 heterocycles. The lowest BCUT2D eigenvalue weighted by atomic mass is 9.98. The molecule has 1 aliphatic heterocycles. The summed E-state index contributed by atoms with van der Waals surface area (Å²) in [6.45, 7) is 6.57. The Labute approximate surface area is 177 Å². The number of nitrogens with zero attached hydrogens (tertiary/aromatic N) is 4. The summed E-state index contributed by atoms with van der Waals surface area (Å²) in [6.07, 6.45) is 6.45. The Morgan fingerprint density at radius 3 is 2.87 bits per heavy atom. The van der Waals surface area contributed by atoms with E-state index in [0.717, 1.165) is 54.9 Å². The van der Waals surface area contributed by atoms with Gasteiger partial charge < -0.3 is 14.8 Å². The normalized spacial score (nSPS) is 19.3. The number of hydrogen-bond acceptors (Lipinski definition) is 3. The number of piperidine rings is 1. The van der Waals surface area contributed by atoms with Gasteiger partial charge in [0.25, 0.3) is 0 Å². The van der Waals surface area contributed by atoms with Crippen LogP contribution in [0.2, 0.25) is 0 Å². The van der Waals surface area contributed by atoms with E-state index in [0.29, 0.717) is 11.8 Å². The van der Waals surface area contributed by atoms with E-state index in [4.69, 9.17) is 4.98 Å². The van der Waals surface area contributed by atoms with E-state index in [9.17, 15) is 4.79 Å². The summed E-state index contributed by atoms with van der Waals surface area (Å²) in [5.74, 6) is 2.17. The van der Waals surface area contributed by atoms with Crippen molar-refractivity contribution in [1.82, 2.24) is 19.4 Å². The van der Waals surface area contributed by atoms with E-state index in [1.807, 2.05) is 36.2 Å². The minimum atomic E-state index is 0.00248. The van der Waals surface area contributed by atoms with Crippen LogP contribution in [0.4, 0.5) is 10.5 Å². The maximum absolute atomic E-state index is 12.9. The van der Waals surface area contributed by atoms with Crippen LogP contribution in [0.3, 0.4) is 0 Å². The molecule has 1 unspecified atom stereocenters. The summed E-state index contributed by atoms with van der Waals surface area (Å²) >= 11 is 0. The maximum atomic E-state index is 12.9. The summed E-state index contributed by atoms with van der Waals surface area (Å²) in [6, 6.07) is 10.1. The van der Waals surface area contributed by atoms with Gasteiger partial charge in [-0.1, -0.05) is 17.7 Å².